The molecule has 0 aliphatic carbocycles. The van der Waals surface area contributed by atoms with Gasteiger partial charge in [0, 0.05) is 19.1 Å². The van der Waals surface area contributed by atoms with Crippen molar-refractivity contribution in [1.29, 1.82) is 0 Å². The molecule has 1 aliphatic rings. The molecule has 2 nitrogen and oxygen atoms in total. The first-order chi connectivity index (χ1) is 7.86. The molecule has 0 saturated carbocycles. The Morgan fingerprint density at radius 2 is 2.19 bits per heavy atom. The molecule has 0 bridgehead atoms. The predicted molar refractivity (Wildman–Crippen MR) is 67.3 cm³/mol. The van der Waals surface area contributed by atoms with Gasteiger partial charge in [-0.1, -0.05) is 42.5 Å². The third-order valence-electron chi connectivity index (χ3n) is 2.96. The number of benzene rings is 1. The van der Waals surface area contributed by atoms with E-state index in [1.165, 1.54) is 5.56 Å². The van der Waals surface area contributed by atoms with E-state index in [2.05, 4.69) is 48.2 Å². The summed E-state index contributed by atoms with van der Waals surface area (Å²) < 4.78 is 5.41. The zero-order chi connectivity index (χ0) is 11.2. The molecular weight excluding hydrogens is 198 g/mol. The largest absolute Gasteiger partial charge is 0.379 e. The Kier molecular flexibility index (Phi) is 4.14. The van der Waals surface area contributed by atoms with Crippen LogP contribution in [0.1, 0.15) is 12.5 Å². The van der Waals surface area contributed by atoms with Crippen LogP contribution in [-0.2, 0) is 4.74 Å². The highest BCUT2D eigenvalue weighted by Crippen LogP contribution is 2.07. The molecule has 1 unspecified atom stereocenters. The molecule has 1 heterocycles. The molecule has 86 valence electrons. The molecule has 1 atom stereocenters. The predicted octanol–water partition coefficient (Wildman–Crippen LogP) is 2.42. The number of hydrogen-bond acceptors (Lipinski definition) is 2. The molecule has 1 aromatic rings. The Morgan fingerprint density at radius 3 is 2.94 bits per heavy atom. The standard InChI is InChI=1S/C14H19NO/c1-13-12-16-11-10-15(13)9-5-8-14-6-3-2-4-7-14/h2-8,13H,9-12H2,1H3. The highest BCUT2D eigenvalue weighted by atomic mass is 16.5. The van der Waals surface area contributed by atoms with Crippen molar-refractivity contribution in [3.63, 3.8) is 0 Å². The van der Waals surface area contributed by atoms with Gasteiger partial charge >= 0.3 is 0 Å². The van der Waals surface area contributed by atoms with Crippen molar-refractivity contribution in [2.24, 2.45) is 0 Å². The summed E-state index contributed by atoms with van der Waals surface area (Å²) in [4.78, 5) is 2.45. The van der Waals surface area contributed by atoms with E-state index in [1.807, 2.05) is 6.07 Å². The summed E-state index contributed by atoms with van der Waals surface area (Å²) in [6, 6.07) is 11.0. The van der Waals surface area contributed by atoms with Crippen molar-refractivity contribution >= 4 is 6.08 Å². The second kappa shape index (κ2) is 5.83. The van der Waals surface area contributed by atoms with E-state index in [0.717, 1.165) is 26.3 Å². The van der Waals surface area contributed by atoms with Gasteiger partial charge in [-0.25, -0.2) is 0 Å². The van der Waals surface area contributed by atoms with E-state index in [1.54, 1.807) is 0 Å². The van der Waals surface area contributed by atoms with E-state index in [-0.39, 0.29) is 0 Å². The van der Waals surface area contributed by atoms with Gasteiger partial charge in [-0.15, -0.1) is 0 Å². The summed E-state index contributed by atoms with van der Waals surface area (Å²) in [5.74, 6) is 0. The molecule has 2 heteroatoms. The van der Waals surface area contributed by atoms with Crippen LogP contribution < -0.4 is 0 Å². The molecule has 0 amide bonds. The molecule has 2 rings (SSSR count). The average Bonchev–Trinajstić information content (AvgIpc) is 2.33. The van der Waals surface area contributed by atoms with Crippen LogP contribution in [0, 0.1) is 0 Å². The number of rotatable bonds is 3. The fourth-order valence-corrected chi connectivity index (χ4v) is 1.92. The Labute approximate surface area is 97.5 Å². The van der Waals surface area contributed by atoms with Crippen LogP contribution in [0.25, 0.3) is 6.08 Å². The van der Waals surface area contributed by atoms with Crippen LogP contribution in [0.15, 0.2) is 36.4 Å². The molecule has 16 heavy (non-hydrogen) atoms. The Hall–Kier alpha value is -1.12. The molecule has 1 fully saturated rings. The number of hydrogen-bond donors (Lipinski definition) is 0. The van der Waals surface area contributed by atoms with Crippen molar-refractivity contribution in [2.45, 2.75) is 13.0 Å². The first-order valence-corrected chi connectivity index (χ1v) is 5.89. The van der Waals surface area contributed by atoms with Gasteiger partial charge in [-0.05, 0) is 12.5 Å². The molecular formula is C14H19NO. The van der Waals surface area contributed by atoms with Crippen LogP contribution in [0.4, 0.5) is 0 Å². The molecule has 0 radical (unpaired) electrons. The molecule has 0 aromatic heterocycles. The van der Waals surface area contributed by atoms with Crippen molar-refractivity contribution in [3.05, 3.63) is 42.0 Å². The molecule has 1 saturated heterocycles. The zero-order valence-electron chi connectivity index (χ0n) is 9.80. The maximum Gasteiger partial charge on any atom is 0.0619 e. The van der Waals surface area contributed by atoms with E-state index in [0.29, 0.717) is 6.04 Å². The van der Waals surface area contributed by atoms with E-state index < -0.39 is 0 Å². The molecule has 1 aromatic carbocycles. The summed E-state index contributed by atoms with van der Waals surface area (Å²) >= 11 is 0. The minimum absolute atomic E-state index is 0.536. The van der Waals surface area contributed by atoms with Crippen LogP contribution in [0.2, 0.25) is 0 Å². The quantitative estimate of drug-likeness (QED) is 0.771. The minimum Gasteiger partial charge on any atom is -0.379 e. The first kappa shape index (κ1) is 11.4. The fourth-order valence-electron chi connectivity index (χ4n) is 1.92. The fraction of sp³-hybridized carbons (Fsp3) is 0.429. The maximum atomic E-state index is 5.41. The summed E-state index contributed by atoms with van der Waals surface area (Å²) in [6.45, 7) is 6.00. The van der Waals surface area contributed by atoms with Gasteiger partial charge in [0.05, 0.1) is 13.2 Å². The summed E-state index contributed by atoms with van der Waals surface area (Å²) in [5, 5.41) is 0. The lowest BCUT2D eigenvalue weighted by Crippen LogP contribution is -2.43. The third kappa shape index (κ3) is 3.19. The number of ether oxygens (including phenoxy) is 1. The van der Waals surface area contributed by atoms with Crippen LogP contribution in [0.5, 0.6) is 0 Å². The highest BCUT2D eigenvalue weighted by Gasteiger charge is 2.16. The van der Waals surface area contributed by atoms with Gasteiger partial charge in [0.2, 0.25) is 0 Å². The van der Waals surface area contributed by atoms with Crippen molar-refractivity contribution < 1.29 is 4.74 Å². The second-order valence-corrected chi connectivity index (χ2v) is 4.23. The van der Waals surface area contributed by atoms with Crippen LogP contribution in [0.3, 0.4) is 0 Å². The summed E-state index contributed by atoms with van der Waals surface area (Å²) in [7, 11) is 0. The number of morpholine rings is 1. The Balaban J connectivity index is 1.84. The monoisotopic (exact) mass is 217 g/mol. The first-order valence-electron chi connectivity index (χ1n) is 5.89. The lowest BCUT2D eigenvalue weighted by molar-refractivity contribution is 0.00564. The Bertz CT molecular complexity index is 334. The smallest absolute Gasteiger partial charge is 0.0619 e. The van der Waals surface area contributed by atoms with Crippen molar-refractivity contribution in [3.8, 4) is 0 Å². The second-order valence-electron chi connectivity index (χ2n) is 4.23. The van der Waals surface area contributed by atoms with E-state index >= 15 is 0 Å². The number of nitrogens with zero attached hydrogens (tertiary/aromatic N) is 1. The summed E-state index contributed by atoms with van der Waals surface area (Å²) in [6.07, 6.45) is 4.42. The topological polar surface area (TPSA) is 12.5 Å². The van der Waals surface area contributed by atoms with Gasteiger partial charge in [-0.2, -0.15) is 0 Å². The van der Waals surface area contributed by atoms with Gasteiger partial charge in [0.25, 0.3) is 0 Å². The van der Waals surface area contributed by atoms with Gasteiger partial charge < -0.3 is 4.74 Å². The lowest BCUT2D eigenvalue weighted by Gasteiger charge is -2.32. The van der Waals surface area contributed by atoms with Crippen LogP contribution in [-0.4, -0.2) is 37.2 Å². The van der Waals surface area contributed by atoms with Gasteiger partial charge in [-0.3, -0.25) is 4.90 Å². The minimum atomic E-state index is 0.536. The van der Waals surface area contributed by atoms with Gasteiger partial charge in [0.1, 0.15) is 0 Å². The van der Waals surface area contributed by atoms with Crippen molar-refractivity contribution in [2.75, 3.05) is 26.3 Å². The molecule has 1 aliphatic heterocycles. The van der Waals surface area contributed by atoms with Crippen molar-refractivity contribution in [1.82, 2.24) is 4.90 Å². The van der Waals surface area contributed by atoms with E-state index in [9.17, 15) is 0 Å². The van der Waals surface area contributed by atoms with E-state index in [4.69, 9.17) is 4.74 Å². The average molecular weight is 217 g/mol. The van der Waals surface area contributed by atoms with Crippen LogP contribution >= 0.6 is 0 Å². The van der Waals surface area contributed by atoms with Gasteiger partial charge in [0.15, 0.2) is 0 Å². The normalized spacial score (nSPS) is 22.7. The molecule has 0 N–H and O–H groups in total. The third-order valence-corrected chi connectivity index (χ3v) is 2.96. The zero-order valence-corrected chi connectivity index (χ0v) is 9.80. The maximum absolute atomic E-state index is 5.41. The SMILES string of the molecule is CC1COCCN1CC=Cc1ccccc1. The highest BCUT2D eigenvalue weighted by molar-refractivity contribution is 5.48. The lowest BCUT2D eigenvalue weighted by atomic mass is 10.2. The Morgan fingerprint density at radius 1 is 1.38 bits per heavy atom. The summed E-state index contributed by atoms with van der Waals surface area (Å²) in [5.41, 5.74) is 1.27. The molecule has 0 spiro atoms.